The van der Waals surface area contributed by atoms with Crippen molar-refractivity contribution in [3.05, 3.63) is 10.1 Å². The summed E-state index contributed by atoms with van der Waals surface area (Å²) >= 11 is 0. The Kier molecular flexibility index (Phi) is 5.65. The Labute approximate surface area is 70.1 Å². The molecule has 0 unspecified atom stereocenters. The maximum absolute atomic E-state index is 10.3. The summed E-state index contributed by atoms with van der Waals surface area (Å²) in [6, 6.07) is 1.82. The molecule has 0 bridgehead atoms. The molecule has 0 saturated heterocycles. The molecule has 6 nitrogen and oxygen atoms in total. The van der Waals surface area contributed by atoms with Crippen LogP contribution in [0.5, 0.6) is 0 Å². The standard InChI is InChI=1S/C6H11N3O3/c7-3-1-4-8(9(11)12)5-2-6-10/h10H,1-2,4-6H2. The molecule has 0 aliphatic heterocycles. The SMILES string of the molecule is N#CCCN(CCCO)[N+](=O)[O-]. The Balaban J connectivity index is 3.72. The number of nitrogens with zero attached hydrogens (tertiary/aromatic N) is 3. The molecule has 0 saturated carbocycles. The minimum atomic E-state index is -0.549. The number of hydrazine groups is 1. The molecule has 0 aliphatic carbocycles. The maximum atomic E-state index is 10.3. The predicted octanol–water partition coefficient (Wildman–Crippen LogP) is -0.224. The lowest BCUT2D eigenvalue weighted by atomic mass is 10.4. The van der Waals surface area contributed by atoms with E-state index >= 15 is 0 Å². The number of aliphatic hydroxyl groups excluding tert-OH is 1. The minimum absolute atomic E-state index is 0.0725. The maximum Gasteiger partial charge on any atom is 0.160 e. The van der Waals surface area contributed by atoms with Crippen molar-refractivity contribution in [2.75, 3.05) is 19.7 Å². The van der Waals surface area contributed by atoms with Crippen molar-refractivity contribution in [3.8, 4) is 6.07 Å². The first-order valence-electron chi connectivity index (χ1n) is 3.59. The normalized spacial score (nSPS) is 9.00. The number of rotatable bonds is 6. The first kappa shape index (κ1) is 10.7. The Morgan fingerprint density at radius 3 is 2.67 bits per heavy atom. The third-order valence-corrected chi connectivity index (χ3v) is 1.29. The highest BCUT2D eigenvalue weighted by atomic mass is 16.7. The fourth-order valence-corrected chi connectivity index (χ4v) is 0.707. The van der Waals surface area contributed by atoms with Crippen LogP contribution in [0.25, 0.3) is 0 Å². The van der Waals surface area contributed by atoms with Gasteiger partial charge in [0.05, 0.1) is 25.6 Å². The van der Waals surface area contributed by atoms with Crippen LogP contribution in [0.3, 0.4) is 0 Å². The largest absolute Gasteiger partial charge is 0.396 e. The van der Waals surface area contributed by atoms with E-state index in [-0.39, 0.29) is 26.1 Å². The van der Waals surface area contributed by atoms with Gasteiger partial charge in [-0.3, -0.25) is 0 Å². The first-order valence-corrected chi connectivity index (χ1v) is 3.59. The van der Waals surface area contributed by atoms with Gasteiger partial charge >= 0.3 is 0 Å². The molecule has 0 aromatic carbocycles. The predicted molar refractivity (Wildman–Crippen MR) is 40.5 cm³/mol. The number of nitriles is 1. The average molecular weight is 173 g/mol. The summed E-state index contributed by atoms with van der Waals surface area (Å²) in [4.78, 5) is 10.3. The van der Waals surface area contributed by atoms with Crippen molar-refractivity contribution in [1.29, 1.82) is 5.26 Å². The van der Waals surface area contributed by atoms with Crippen LogP contribution >= 0.6 is 0 Å². The molecule has 0 heterocycles. The zero-order chi connectivity index (χ0) is 9.40. The summed E-state index contributed by atoms with van der Waals surface area (Å²) in [6.45, 7) is 0.228. The van der Waals surface area contributed by atoms with Crippen LogP contribution in [0.1, 0.15) is 12.8 Å². The highest BCUT2D eigenvalue weighted by Gasteiger charge is 2.11. The van der Waals surface area contributed by atoms with Gasteiger partial charge in [0, 0.05) is 6.61 Å². The molecule has 1 N–H and O–H groups in total. The van der Waals surface area contributed by atoms with E-state index in [2.05, 4.69) is 0 Å². The van der Waals surface area contributed by atoms with E-state index in [4.69, 9.17) is 10.4 Å². The Morgan fingerprint density at radius 2 is 2.25 bits per heavy atom. The van der Waals surface area contributed by atoms with E-state index < -0.39 is 5.03 Å². The van der Waals surface area contributed by atoms with Gasteiger partial charge in [-0.05, 0) is 6.42 Å². The zero-order valence-electron chi connectivity index (χ0n) is 6.64. The molecule has 0 spiro atoms. The molecule has 0 radical (unpaired) electrons. The van der Waals surface area contributed by atoms with Crippen LogP contribution in [0.2, 0.25) is 0 Å². The van der Waals surface area contributed by atoms with Crippen molar-refractivity contribution in [3.63, 3.8) is 0 Å². The number of hydrogen-bond donors (Lipinski definition) is 1. The lowest BCUT2D eigenvalue weighted by Gasteiger charge is -2.10. The van der Waals surface area contributed by atoms with E-state index in [1.54, 1.807) is 0 Å². The van der Waals surface area contributed by atoms with Crippen molar-refractivity contribution in [1.82, 2.24) is 5.01 Å². The summed E-state index contributed by atoms with van der Waals surface area (Å²) in [5.74, 6) is 0. The summed E-state index contributed by atoms with van der Waals surface area (Å²) in [5, 5.41) is 27.2. The summed E-state index contributed by atoms with van der Waals surface area (Å²) in [7, 11) is 0. The van der Waals surface area contributed by atoms with Gasteiger partial charge < -0.3 is 5.11 Å². The Hall–Kier alpha value is -1.35. The van der Waals surface area contributed by atoms with Crippen molar-refractivity contribution in [2.24, 2.45) is 0 Å². The molecule has 0 aliphatic rings. The van der Waals surface area contributed by atoms with Crippen LogP contribution in [0, 0.1) is 21.4 Å². The van der Waals surface area contributed by atoms with Gasteiger partial charge in [0.2, 0.25) is 0 Å². The van der Waals surface area contributed by atoms with Crippen LogP contribution in [0.4, 0.5) is 0 Å². The highest BCUT2D eigenvalue weighted by molar-refractivity contribution is 4.69. The van der Waals surface area contributed by atoms with E-state index in [1.165, 1.54) is 0 Å². The lowest BCUT2D eigenvalue weighted by molar-refractivity contribution is -0.655. The molecule has 0 amide bonds. The molecular weight excluding hydrogens is 162 g/mol. The monoisotopic (exact) mass is 173 g/mol. The quantitative estimate of drug-likeness (QED) is 0.442. The topological polar surface area (TPSA) is 90.4 Å². The number of nitro groups is 1. The summed E-state index contributed by atoms with van der Waals surface area (Å²) in [5.41, 5.74) is 0. The van der Waals surface area contributed by atoms with Gasteiger partial charge in [-0.1, -0.05) is 0 Å². The van der Waals surface area contributed by atoms with Crippen LogP contribution in [0.15, 0.2) is 0 Å². The van der Waals surface area contributed by atoms with Gasteiger partial charge in [-0.2, -0.15) is 5.26 Å². The number of aliphatic hydroxyl groups is 1. The van der Waals surface area contributed by atoms with E-state index in [0.717, 1.165) is 5.01 Å². The van der Waals surface area contributed by atoms with Gasteiger partial charge in [0.15, 0.2) is 5.03 Å². The van der Waals surface area contributed by atoms with Gasteiger partial charge in [0.1, 0.15) is 0 Å². The van der Waals surface area contributed by atoms with Crippen LogP contribution in [-0.2, 0) is 0 Å². The minimum Gasteiger partial charge on any atom is -0.396 e. The Bertz CT molecular complexity index is 177. The summed E-state index contributed by atoms with van der Waals surface area (Å²) in [6.07, 6.45) is 0.485. The van der Waals surface area contributed by atoms with Crippen LogP contribution in [-0.4, -0.2) is 34.8 Å². The second-order valence-electron chi connectivity index (χ2n) is 2.18. The van der Waals surface area contributed by atoms with E-state index in [0.29, 0.717) is 6.42 Å². The second kappa shape index (κ2) is 6.37. The molecule has 68 valence electrons. The molecule has 12 heavy (non-hydrogen) atoms. The zero-order valence-corrected chi connectivity index (χ0v) is 6.64. The third-order valence-electron chi connectivity index (χ3n) is 1.29. The highest BCUT2D eigenvalue weighted by Crippen LogP contribution is 1.93. The fourth-order valence-electron chi connectivity index (χ4n) is 0.707. The van der Waals surface area contributed by atoms with Gasteiger partial charge in [0.25, 0.3) is 0 Å². The fraction of sp³-hybridized carbons (Fsp3) is 0.833. The smallest absolute Gasteiger partial charge is 0.160 e. The van der Waals surface area contributed by atoms with Gasteiger partial charge in [-0.15, -0.1) is 5.01 Å². The molecule has 0 rings (SSSR count). The van der Waals surface area contributed by atoms with Gasteiger partial charge in [-0.25, -0.2) is 10.1 Å². The van der Waals surface area contributed by atoms with Crippen molar-refractivity contribution in [2.45, 2.75) is 12.8 Å². The molecule has 6 heteroatoms. The van der Waals surface area contributed by atoms with E-state index in [9.17, 15) is 10.1 Å². The molecule has 0 aromatic heterocycles. The van der Waals surface area contributed by atoms with Crippen molar-refractivity contribution < 1.29 is 10.1 Å². The molecule has 0 fully saturated rings. The molecule has 0 atom stereocenters. The first-order chi connectivity index (χ1) is 5.72. The summed E-state index contributed by atoms with van der Waals surface area (Å²) < 4.78 is 0. The average Bonchev–Trinajstić information content (AvgIpc) is 2.04. The van der Waals surface area contributed by atoms with Crippen LogP contribution < -0.4 is 0 Å². The third kappa shape index (κ3) is 4.46. The molecule has 0 aromatic rings. The van der Waals surface area contributed by atoms with E-state index in [1.807, 2.05) is 6.07 Å². The molecular formula is C6H11N3O3. The Morgan fingerprint density at radius 1 is 1.58 bits per heavy atom. The second-order valence-corrected chi connectivity index (χ2v) is 2.18. The number of hydrogen-bond acceptors (Lipinski definition) is 4. The lowest BCUT2D eigenvalue weighted by Crippen LogP contribution is -2.32. The van der Waals surface area contributed by atoms with Crippen molar-refractivity contribution >= 4 is 0 Å².